The minimum Gasteiger partial charge on any atom is -0.490 e. The van der Waals surface area contributed by atoms with Gasteiger partial charge in [-0.2, -0.15) is 0 Å². The standard InChI is InChI=1S/C20H31NO4S/c1-16-15-19(25-18-8-3-4-9-18)10-11-20(16)26(22,23)21(2)13-12-17-7-5-6-14-24-17/h10-11,15,17-18H,3-9,12-14H2,1-2H3. The minimum atomic E-state index is -3.49. The van der Waals surface area contributed by atoms with Crippen molar-refractivity contribution in [3.8, 4) is 5.75 Å². The topological polar surface area (TPSA) is 55.8 Å². The Morgan fingerprint density at radius 3 is 2.54 bits per heavy atom. The first-order chi connectivity index (χ1) is 12.5. The Labute approximate surface area is 157 Å². The lowest BCUT2D eigenvalue weighted by molar-refractivity contribution is 0.00950. The van der Waals surface area contributed by atoms with E-state index >= 15 is 0 Å². The molecule has 0 N–H and O–H groups in total. The average Bonchev–Trinajstić information content (AvgIpc) is 3.13. The zero-order valence-electron chi connectivity index (χ0n) is 15.9. The third-order valence-electron chi connectivity index (χ3n) is 5.48. The van der Waals surface area contributed by atoms with Crippen LogP contribution in [0.5, 0.6) is 5.75 Å². The molecule has 3 rings (SSSR count). The Bertz CT molecular complexity index is 692. The Hall–Kier alpha value is -1.11. The largest absolute Gasteiger partial charge is 0.490 e. The molecular weight excluding hydrogens is 350 g/mol. The molecule has 1 aliphatic heterocycles. The van der Waals surface area contributed by atoms with E-state index in [2.05, 4.69) is 0 Å². The van der Waals surface area contributed by atoms with Crippen LogP contribution in [-0.2, 0) is 14.8 Å². The SMILES string of the molecule is Cc1cc(OC2CCCC2)ccc1S(=O)(=O)N(C)CCC1CCCCO1. The Balaban J connectivity index is 1.63. The van der Waals surface area contributed by atoms with Gasteiger partial charge in [-0.25, -0.2) is 12.7 Å². The molecule has 1 unspecified atom stereocenters. The Morgan fingerprint density at radius 2 is 1.88 bits per heavy atom. The van der Waals surface area contributed by atoms with Crippen LogP contribution in [0.4, 0.5) is 0 Å². The molecule has 2 aliphatic rings. The van der Waals surface area contributed by atoms with Gasteiger partial charge in [-0.05, 0) is 82.1 Å². The first-order valence-electron chi connectivity index (χ1n) is 9.82. The third kappa shape index (κ3) is 4.78. The van der Waals surface area contributed by atoms with E-state index in [9.17, 15) is 8.42 Å². The summed E-state index contributed by atoms with van der Waals surface area (Å²) in [6.07, 6.45) is 9.12. The van der Waals surface area contributed by atoms with Crippen molar-refractivity contribution in [2.45, 2.75) is 75.4 Å². The van der Waals surface area contributed by atoms with Crippen molar-refractivity contribution < 1.29 is 17.9 Å². The fourth-order valence-electron chi connectivity index (χ4n) is 3.83. The van der Waals surface area contributed by atoms with Gasteiger partial charge in [-0.1, -0.05) is 0 Å². The predicted octanol–water partition coefficient (Wildman–Crippen LogP) is 3.90. The molecule has 0 amide bonds. The predicted molar refractivity (Wildman–Crippen MR) is 102 cm³/mol. The molecule has 1 heterocycles. The highest BCUT2D eigenvalue weighted by molar-refractivity contribution is 7.89. The van der Waals surface area contributed by atoms with Gasteiger partial charge in [-0.3, -0.25) is 0 Å². The lowest BCUT2D eigenvalue weighted by atomic mass is 10.1. The van der Waals surface area contributed by atoms with Crippen LogP contribution in [0, 0.1) is 6.92 Å². The van der Waals surface area contributed by atoms with Crippen LogP contribution in [0.3, 0.4) is 0 Å². The van der Waals surface area contributed by atoms with Gasteiger partial charge in [0.15, 0.2) is 0 Å². The van der Waals surface area contributed by atoms with Crippen molar-refractivity contribution in [3.63, 3.8) is 0 Å². The van der Waals surface area contributed by atoms with E-state index in [4.69, 9.17) is 9.47 Å². The molecule has 1 aromatic rings. The average molecular weight is 382 g/mol. The molecule has 0 spiro atoms. The van der Waals surface area contributed by atoms with Crippen LogP contribution >= 0.6 is 0 Å². The second-order valence-electron chi connectivity index (χ2n) is 7.56. The molecule has 1 aromatic carbocycles. The Morgan fingerprint density at radius 1 is 1.15 bits per heavy atom. The maximum absolute atomic E-state index is 12.9. The number of ether oxygens (including phenoxy) is 2. The van der Waals surface area contributed by atoms with Crippen LogP contribution in [0.15, 0.2) is 23.1 Å². The van der Waals surface area contributed by atoms with Gasteiger partial charge in [0.1, 0.15) is 5.75 Å². The third-order valence-corrected chi connectivity index (χ3v) is 7.50. The summed E-state index contributed by atoms with van der Waals surface area (Å²) in [5.74, 6) is 0.770. The van der Waals surface area contributed by atoms with Gasteiger partial charge in [0.2, 0.25) is 10.0 Å². The summed E-state index contributed by atoms with van der Waals surface area (Å²) in [6.45, 7) is 3.11. The van der Waals surface area contributed by atoms with Gasteiger partial charge in [0, 0.05) is 20.2 Å². The summed E-state index contributed by atoms with van der Waals surface area (Å²) in [5, 5.41) is 0. The van der Waals surface area contributed by atoms with E-state index in [1.165, 1.54) is 23.6 Å². The van der Waals surface area contributed by atoms with E-state index in [1.807, 2.05) is 13.0 Å². The van der Waals surface area contributed by atoms with E-state index in [0.717, 1.165) is 50.0 Å². The van der Waals surface area contributed by atoms with E-state index in [-0.39, 0.29) is 12.2 Å². The molecule has 0 bridgehead atoms. The van der Waals surface area contributed by atoms with Crippen molar-refractivity contribution >= 4 is 10.0 Å². The molecule has 146 valence electrons. The molecule has 26 heavy (non-hydrogen) atoms. The fourth-order valence-corrected chi connectivity index (χ4v) is 5.22. The number of nitrogens with zero attached hydrogens (tertiary/aromatic N) is 1. The molecule has 2 fully saturated rings. The van der Waals surface area contributed by atoms with E-state index in [0.29, 0.717) is 11.4 Å². The Kier molecular flexibility index (Phi) is 6.59. The van der Waals surface area contributed by atoms with Crippen LogP contribution in [-0.4, -0.2) is 45.1 Å². The molecule has 6 heteroatoms. The van der Waals surface area contributed by atoms with E-state index in [1.54, 1.807) is 19.2 Å². The number of sulfonamides is 1. The summed E-state index contributed by atoms with van der Waals surface area (Å²) in [6, 6.07) is 5.32. The van der Waals surface area contributed by atoms with Crippen molar-refractivity contribution in [3.05, 3.63) is 23.8 Å². The van der Waals surface area contributed by atoms with Crippen molar-refractivity contribution in [2.24, 2.45) is 0 Å². The van der Waals surface area contributed by atoms with Gasteiger partial charge < -0.3 is 9.47 Å². The van der Waals surface area contributed by atoms with Crippen molar-refractivity contribution in [1.82, 2.24) is 4.31 Å². The molecule has 1 saturated heterocycles. The normalized spacial score (nSPS) is 22.0. The van der Waals surface area contributed by atoms with Crippen LogP contribution < -0.4 is 4.74 Å². The summed E-state index contributed by atoms with van der Waals surface area (Å²) < 4.78 is 39.0. The van der Waals surface area contributed by atoms with Gasteiger partial charge >= 0.3 is 0 Å². The maximum Gasteiger partial charge on any atom is 0.243 e. The summed E-state index contributed by atoms with van der Waals surface area (Å²) in [5.41, 5.74) is 0.737. The van der Waals surface area contributed by atoms with Gasteiger partial charge in [0.25, 0.3) is 0 Å². The smallest absolute Gasteiger partial charge is 0.243 e. The zero-order chi connectivity index (χ0) is 18.6. The lowest BCUT2D eigenvalue weighted by Gasteiger charge is -2.25. The van der Waals surface area contributed by atoms with E-state index < -0.39 is 10.0 Å². The summed E-state index contributed by atoms with van der Waals surface area (Å²) >= 11 is 0. The fraction of sp³-hybridized carbons (Fsp3) is 0.700. The number of hydrogen-bond acceptors (Lipinski definition) is 4. The molecule has 1 atom stereocenters. The van der Waals surface area contributed by atoms with Crippen LogP contribution in [0.1, 0.15) is 56.9 Å². The highest BCUT2D eigenvalue weighted by Crippen LogP contribution is 2.28. The zero-order valence-corrected chi connectivity index (χ0v) is 16.8. The molecule has 1 aliphatic carbocycles. The van der Waals surface area contributed by atoms with Crippen molar-refractivity contribution in [2.75, 3.05) is 20.2 Å². The van der Waals surface area contributed by atoms with Gasteiger partial charge in [-0.15, -0.1) is 0 Å². The molecule has 0 radical (unpaired) electrons. The number of rotatable bonds is 7. The number of hydrogen-bond donors (Lipinski definition) is 0. The molecule has 1 saturated carbocycles. The monoisotopic (exact) mass is 381 g/mol. The highest BCUT2D eigenvalue weighted by atomic mass is 32.2. The second-order valence-corrected chi connectivity index (χ2v) is 9.57. The minimum absolute atomic E-state index is 0.185. The molecule has 5 nitrogen and oxygen atoms in total. The molecule has 0 aromatic heterocycles. The quantitative estimate of drug-likeness (QED) is 0.719. The summed E-state index contributed by atoms with van der Waals surface area (Å²) in [4.78, 5) is 0.364. The highest BCUT2D eigenvalue weighted by Gasteiger charge is 2.25. The number of aryl methyl sites for hydroxylation is 1. The van der Waals surface area contributed by atoms with Gasteiger partial charge in [0.05, 0.1) is 17.1 Å². The second kappa shape index (κ2) is 8.72. The first-order valence-corrected chi connectivity index (χ1v) is 11.3. The van der Waals surface area contributed by atoms with Crippen LogP contribution in [0.25, 0.3) is 0 Å². The lowest BCUT2D eigenvalue weighted by Crippen LogP contribution is -2.32. The van der Waals surface area contributed by atoms with Crippen LogP contribution in [0.2, 0.25) is 0 Å². The summed E-state index contributed by atoms with van der Waals surface area (Å²) in [7, 11) is -1.84. The van der Waals surface area contributed by atoms with Crippen molar-refractivity contribution in [1.29, 1.82) is 0 Å². The molecular formula is C20H31NO4S. The maximum atomic E-state index is 12.9. The number of benzene rings is 1. The first kappa shape index (κ1) is 19.6.